The van der Waals surface area contributed by atoms with E-state index in [0.29, 0.717) is 17.5 Å². The molecule has 0 saturated heterocycles. The number of hydrogen-bond donors (Lipinski definition) is 1. The Morgan fingerprint density at radius 1 is 1.45 bits per heavy atom. The normalized spacial score (nSPS) is 12.8. The van der Waals surface area contributed by atoms with Crippen LogP contribution in [-0.2, 0) is 9.53 Å². The maximum absolute atomic E-state index is 13.2. The molecule has 1 aromatic heterocycles. The maximum atomic E-state index is 13.2. The van der Waals surface area contributed by atoms with E-state index in [1.807, 2.05) is 13.8 Å². The van der Waals surface area contributed by atoms with Gasteiger partial charge >= 0.3 is 11.7 Å². The summed E-state index contributed by atoms with van der Waals surface area (Å²) < 4.78 is 19.3. The number of benzene rings is 1. The molecule has 0 fully saturated rings. The second-order valence-corrected chi connectivity index (χ2v) is 5.13. The van der Waals surface area contributed by atoms with Crippen LogP contribution >= 0.6 is 0 Å². The molecule has 1 atom stereocenters. The molecule has 0 aliphatic heterocycles. The van der Waals surface area contributed by atoms with Crippen LogP contribution in [0.1, 0.15) is 26.3 Å². The fourth-order valence-electron chi connectivity index (χ4n) is 2.30. The first-order valence-electron chi connectivity index (χ1n) is 6.41. The minimum Gasteiger partial charge on any atom is -0.467 e. The van der Waals surface area contributed by atoms with Crippen molar-refractivity contribution in [3.8, 4) is 0 Å². The molecule has 1 unspecified atom stereocenters. The minimum atomic E-state index is -0.716. The number of carbonyl (C=O) groups is 1. The van der Waals surface area contributed by atoms with Gasteiger partial charge in [-0.25, -0.2) is 14.0 Å². The standard InChI is InChI=1S/C14H17FN2O3/c1-8(2)6-12(13(18)20-3)17-11-5-4-9(15)7-10(11)16-14(17)19/h4-5,7-8,12H,6H2,1-3H3,(H,16,19). The number of hydrogen-bond acceptors (Lipinski definition) is 3. The molecule has 2 rings (SSSR count). The Kier molecular flexibility index (Phi) is 3.92. The zero-order chi connectivity index (χ0) is 14.9. The Balaban J connectivity index is 2.61. The van der Waals surface area contributed by atoms with Crippen LogP contribution in [0, 0.1) is 11.7 Å². The first kappa shape index (κ1) is 14.3. The molecule has 0 amide bonds. The lowest BCUT2D eigenvalue weighted by Gasteiger charge is -2.18. The zero-order valence-corrected chi connectivity index (χ0v) is 11.6. The van der Waals surface area contributed by atoms with Crippen LogP contribution in [0.2, 0.25) is 0 Å². The number of nitrogens with zero attached hydrogens (tertiary/aromatic N) is 1. The molecular weight excluding hydrogens is 263 g/mol. The van der Waals surface area contributed by atoms with Gasteiger partial charge in [0.05, 0.1) is 18.1 Å². The first-order valence-corrected chi connectivity index (χ1v) is 6.41. The number of methoxy groups -OCH3 is 1. The number of nitrogens with one attached hydrogen (secondary N) is 1. The number of aromatic amines is 1. The first-order chi connectivity index (χ1) is 9.43. The van der Waals surface area contributed by atoms with E-state index in [2.05, 4.69) is 4.98 Å². The summed E-state index contributed by atoms with van der Waals surface area (Å²) in [4.78, 5) is 26.6. The number of fused-ring (bicyclic) bond motifs is 1. The summed E-state index contributed by atoms with van der Waals surface area (Å²) in [5.74, 6) is -0.716. The SMILES string of the molecule is COC(=O)C(CC(C)C)n1c(=O)[nH]c2cc(F)ccc21. The number of carbonyl (C=O) groups excluding carboxylic acids is 1. The molecule has 0 bridgehead atoms. The summed E-state index contributed by atoms with van der Waals surface area (Å²) in [5, 5.41) is 0. The second kappa shape index (κ2) is 5.48. The number of halogens is 1. The van der Waals surface area contributed by atoms with Gasteiger partial charge in [0.1, 0.15) is 11.9 Å². The quantitative estimate of drug-likeness (QED) is 0.873. The Bertz CT molecular complexity index is 687. The molecular formula is C14H17FN2O3. The largest absolute Gasteiger partial charge is 0.467 e. The van der Waals surface area contributed by atoms with Gasteiger partial charge in [-0.05, 0) is 30.5 Å². The van der Waals surface area contributed by atoms with Crippen molar-refractivity contribution < 1.29 is 13.9 Å². The van der Waals surface area contributed by atoms with Crippen molar-refractivity contribution >= 4 is 17.0 Å². The molecule has 0 spiro atoms. The van der Waals surface area contributed by atoms with E-state index < -0.39 is 23.5 Å². The number of imidazole rings is 1. The smallest absolute Gasteiger partial charge is 0.329 e. The Hall–Kier alpha value is -2.11. The van der Waals surface area contributed by atoms with Crippen LogP contribution in [-0.4, -0.2) is 22.6 Å². The maximum Gasteiger partial charge on any atom is 0.329 e. The van der Waals surface area contributed by atoms with Crippen LogP contribution in [0.4, 0.5) is 4.39 Å². The zero-order valence-electron chi connectivity index (χ0n) is 11.6. The molecule has 108 valence electrons. The lowest BCUT2D eigenvalue weighted by atomic mass is 10.0. The molecule has 1 heterocycles. The average Bonchev–Trinajstić information content (AvgIpc) is 2.69. The summed E-state index contributed by atoms with van der Waals surface area (Å²) in [5.41, 5.74) is 0.418. The van der Waals surface area contributed by atoms with Gasteiger partial charge in [0, 0.05) is 0 Å². The van der Waals surface area contributed by atoms with Crippen LogP contribution in [0.25, 0.3) is 11.0 Å². The monoisotopic (exact) mass is 280 g/mol. The molecule has 0 saturated carbocycles. The van der Waals surface area contributed by atoms with Crippen molar-refractivity contribution in [1.29, 1.82) is 0 Å². The van der Waals surface area contributed by atoms with Gasteiger partial charge in [0.15, 0.2) is 0 Å². The molecule has 5 nitrogen and oxygen atoms in total. The van der Waals surface area contributed by atoms with E-state index in [1.165, 1.54) is 29.9 Å². The Labute approximate surface area is 115 Å². The van der Waals surface area contributed by atoms with Crippen LogP contribution in [0.3, 0.4) is 0 Å². The van der Waals surface area contributed by atoms with E-state index in [-0.39, 0.29) is 5.92 Å². The van der Waals surface area contributed by atoms with Crippen molar-refractivity contribution in [2.24, 2.45) is 5.92 Å². The predicted octanol–water partition coefficient (Wildman–Crippen LogP) is 2.23. The highest BCUT2D eigenvalue weighted by molar-refractivity contribution is 5.80. The van der Waals surface area contributed by atoms with E-state index in [0.717, 1.165) is 0 Å². The van der Waals surface area contributed by atoms with Crippen molar-refractivity contribution in [3.05, 3.63) is 34.5 Å². The van der Waals surface area contributed by atoms with Crippen LogP contribution in [0.15, 0.2) is 23.0 Å². The van der Waals surface area contributed by atoms with Gasteiger partial charge in [0.2, 0.25) is 0 Å². The van der Waals surface area contributed by atoms with Gasteiger partial charge in [-0.15, -0.1) is 0 Å². The number of ether oxygens (including phenoxy) is 1. The molecule has 0 aliphatic carbocycles. The number of H-pyrrole nitrogens is 1. The highest BCUT2D eigenvalue weighted by Crippen LogP contribution is 2.22. The fraction of sp³-hybridized carbons (Fsp3) is 0.429. The summed E-state index contributed by atoms with van der Waals surface area (Å²) in [6.45, 7) is 3.91. The number of esters is 1. The number of aromatic nitrogens is 2. The predicted molar refractivity (Wildman–Crippen MR) is 73.0 cm³/mol. The molecule has 20 heavy (non-hydrogen) atoms. The molecule has 0 aliphatic rings. The van der Waals surface area contributed by atoms with E-state index in [1.54, 1.807) is 0 Å². The third-order valence-corrected chi connectivity index (χ3v) is 3.16. The third-order valence-electron chi connectivity index (χ3n) is 3.16. The Morgan fingerprint density at radius 2 is 2.15 bits per heavy atom. The highest BCUT2D eigenvalue weighted by atomic mass is 19.1. The van der Waals surface area contributed by atoms with E-state index in [9.17, 15) is 14.0 Å². The van der Waals surface area contributed by atoms with Crippen LogP contribution < -0.4 is 5.69 Å². The molecule has 6 heteroatoms. The topological polar surface area (TPSA) is 64.1 Å². The van der Waals surface area contributed by atoms with Gasteiger partial charge in [0.25, 0.3) is 0 Å². The summed E-state index contributed by atoms with van der Waals surface area (Å²) in [7, 11) is 1.29. The van der Waals surface area contributed by atoms with Crippen molar-refractivity contribution in [3.63, 3.8) is 0 Å². The second-order valence-electron chi connectivity index (χ2n) is 5.13. The molecule has 1 aromatic carbocycles. The molecule has 1 N–H and O–H groups in total. The van der Waals surface area contributed by atoms with Crippen molar-refractivity contribution in [2.75, 3.05) is 7.11 Å². The fourth-order valence-corrected chi connectivity index (χ4v) is 2.30. The lowest BCUT2D eigenvalue weighted by Crippen LogP contribution is -2.30. The van der Waals surface area contributed by atoms with E-state index in [4.69, 9.17) is 4.74 Å². The molecule has 2 aromatic rings. The van der Waals surface area contributed by atoms with Gasteiger partial charge in [-0.2, -0.15) is 0 Å². The lowest BCUT2D eigenvalue weighted by molar-refractivity contribution is -0.145. The summed E-state index contributed by atoms with van der Waals surface area (Å²) in [6.07, 6.45) is 0.469. The highest BCUT2D eigenvalue weighted by Gasteiger charge is 2.26. The summed E-state index contributed by atoms with van der Waals surface area (Å²) >= 11 is 0. The average molecular weight is 280 g/mol. The Morgan fingerprint density at radius 3 is 2.75 bits per heavy atom. The molecule has 0 radical (unpaired) electrons. The third kappa shape index (κ3) is 2.59. The van der Waals surface area contributed by atoms with Gasteiger partial charge in [-0.1, -0.05) is 13.8 Å². The van der Waals surface area contributed by atoms with E-state index >= 15 is 0 Å². The van der Waals surface area contributed by atoms with Gasteiger partial charge in [-0.3, -0.25) is 4.57 Å². The minimum absolute atomic E-state index is 0.205. The van der Waals surface area contributed by atoms with Crippen molar-refractivity contribution in [2.45, 2.75) is 26.3 Å². The van der Waals surface area contributed by atoms with Gasteiger partial charge < -0.3 is 9.72 Å². The van der Waals surface area contributed by atoms with Crippen molar-refractivity contribution in [1.82, 2.24) is 9.55 Å². The number of rotatable bonds is 4. The summed E-state index contributed by atoms with van der Waals surface area (Å²) in [6, 6.07) is 3.26. The van der Waals surface area contributed by atoms with Crippen LogP contribution in [0.5, 0.6) is 0 Å².